The summed E-state index contributed by atoms with van der Waals surface area (Å²) in [6.45, 7) is 2.10. The minimum absolute atomic E-state index is 0.446. The van der Waals surface area contributed by atoms with Gasteiger partial charge in [-0.3, -0.25) is 0 Å². The maximum absolute atomic E-state index is 5.72. The number of alkyl halides is 1. The molecule has 2 aromatic rings. The number of ether oxygens (including phenoxy) is 2. The highest BCUT2D eigenvalue weighted by molar-refractivity contribution is 6.17. The molecule has 0 radical (unpaired) electrons. The highest BCUT2D eigenvalue weighted by atomic mass is 35.5. The van der Waals surface area contributed by atoms with Crippen molar-refractivity contribution in [3.63, 3.8) is 0 Å². The van der Waals surface area contributed by atoms with Crippen molar-refractivity contribution in [2.75, 3.05) is 7.11 Å². The van der Waals surface area contributed by atoms with Gasteiger partial charge in [-0.15, -0.1) is 11.6 Å². The Morgan fingerprint density at radius 2 is 1.89 bits per heavy atom. The quantitative estimate of drug-likeness (QED) is 0.768. The van der Waals surface area contributed by atoms with Crippen molar-refractivity contribution >= 4 is 11.6 Å². The number of aryl methyl sites for hydroxylation is 1. The first-order chi connectivity index (χ1) is 9.26. The van der Waals surface area contributed by atoms with Crippen LogP contribution in [0.15, 0.2) is 36.5 Å². The first-order valence-corrected chi connectivity index (χ1v) is 6.66. The molecule has 0 saturated carbocycles. The summed E-state index contributed by atoms with van der Waals surface area (Å²) < 4.78 is 11.1. The minimum Gasteiger partial charge on any atom is -0.493 e. The third-order valence-corrected chi connectivity index (χ3v) is 3.11. The Hall–Kier alpha value is -1.74. The second-order valence-corrected chi connectivity index (χ2v) is 4.35. The van der Waals surface area contributed by atoms with E-state index in [2.05, 4.69) is 11.9 Å². The molecule has 1 aromatic carbocycles. The fourth-order valence-corrected chi connectivity index (χ4v) is 1.84. The number of pyridine rings is 1. The van der Waals surface area contributed by atoms with Crippen LogP contribution in [0.4, 0.5) is 0 Å². The van der Waals surface area contributed by atoms with Crippen LogP contribution in [0.3, 0.4) is 0 Å². The topological polar surface area (TPSA) is 31.4 Å². The van der Waals surface area contributed by atoms with E-state index in [1.165, 1.54) is 5.56 Å². The summed E-state index contributed by atoms with van der Waals surface area (Å²) in [4.78, 5) is 4.20. The Morgan fingerprint density at radius 3 is 2.47 bits per heavy atom. The zero-order valence-electron chi connectivity index (χ0n) is 11.0. The summed E-state index contributed by atoms with van der Waals surface area (Å²) in [5.74, 6) is 2.34. The lowest BCUT2D eigenvalue weighted by atomic mass is 10.1. The smallest absolute Gasteiger partial charge is 0.219 e. The molecule has 0 N–H and O–H groups in total. The van der Waals surface area contributed by atoms with E-state index < -0.39 is 0 Å². The normalized spacial score (nSPS) is 10.3. The van der Waals surface area contributed by atoms with Crippen LogP contribution in [-0.4, -0.2) is 12.1 Å². The third kappa shape index (κ3) is 3.38. The highest BCUT2D eigenvalue weighted by Gasteiger charge is 2.07. The van der Waals surface area contributed by atoms with Gasteiger partial charge >= 0.3 is 0 Å². The van der Waals surface area contributed by atoms with Gasteiger partial charge in [0.15, 0.2) is 11.5 Å². The molecule has 0 bridgehead atoms. The van der Waals surface area contributed by atoms with Gasteiger partial charge < -0.3 is 9.47 Å². The Bertz CT molecular complexity index is 540. The van der Waals surface area contributed by atoms with E-state index in [9.17, 15) is 0 Å². The van der Waals surface area contributed by atoms with Gasteiger partial charge in [-0.2, -0.15) is 0 Å². The van der Waals surface area contributed by atoms with E-state index in [4.69, 9.17) is 21.1 Å². The number of aromatic nitrogens is 1. The summed E-state index contributed by atoms with van der Waals surface area (Å²) in [7, 11) is 1.63. The Balaban J connectivity index is 2.21. The molecule has 3 nitrogen and oxygen atoms in total. The van der Waals surface area contributed by atoms with Gasteiger partial charge in [0.05, 0.1) is 7.11 Å². The standard InChI is InChI=1S/C15H16ClNO2/c1-3-11-4-6-13(14(8-11)18-2)19-15-7-5-12(9-16)10-17-15/h4-8,10H,3,9H2,1-2H3. The van der Waals surface area contributed by atoms with Crippen LogP contribution in [0.5, 0.6) is 17.4 Å². The van der Waals surface area contributed by atoms with Crippen molar-refractivity contribution in [2.45, 2.75) is 19.2 Å². The van der Waals surface area contributed by atoms with Crippen LogP contribution in [0.2, 0.25) is 0 Å². The molecule has 0 unspecified atom stereocenters. The Kier molecular flexibility index (Phi) is 4.63. The van der Waals surface area contributed by atoms with Gasteiger partial charge in [0.1, 0.15) is 0 Å². The van der Waals surface area contributed by atoms with Crippen LogP contribution >= 0.6 is 11.6 Å². The van der Waals surface area contributed by atoms with Crippen molar-refractivity contribution in [1.82, 2.24) is 4.98 Å². The second-order valence-electron chi connectivity index (χ2n) is 4.08. The zero-order valence-corrected chi connectivity index (χ0v) is 11.8. The molecule has 0 atom stereocenters. The summed E-state index contributed by atoms with van der Waals surface area (Å²) >= 11 is 5.72. The van der Waals surface area contributed by atoms with E-state index in [-0.39, 0.29) is 0 Å². The van der Waals surface area contributed by atoms with Gasteiger partial charge in [-0.1, -0.05) is 19.1 Å². The fraction of sp³-hybridized carbons (Fsp3) is 0.267. The molecule has 1 aromatic heterocycles. The first kappa shape index (κ1) is 13.7. The summed E-state index contributed by atoms with van der Waals surface area (Å²) in [6, 6.07) is 9.58. The van der Waals surface area contributed by atoms with Crippen molar-refractivity contribution in [1.29, 1.82) is 0 Å². The molecule has 0 aliphatic heterocycles. The van der Waals surface area contributed by atoms with E-state index in [1.807, 2.05) is 24.3 Å². The second kappa shape index (κ2) is 6.43. The lowest BCUT2D eigenvalue weighted by Crippen LogP contribution is -1.94. The molecule has 0 amide bonds. The van der Waals surface area contributed by atoms with Crippen LogP contribution in [-0.2, 0) is 12.3 Å². The molecule has 0 spiro atoms. The largest absolute Gasteiger partial charge is 0.493 e. The molecule has 0 aliphatic rings. The van der Waals surface area contributed by atoms with E-state index >= 15 is 0 Å². The number of rotatable bonds is 5. The molecule has 2 rings (SSSR count). The van der Waals surface area contributed by atoms with Gasteiger partial charge in [0, 0.05) is 18.1 Å². The lowest BCUT2D eigenvalue weighted by Gasteiger charge is -2.11. The van der Waals surface area contributed by atoms with Gasteiger partial charge in [-0.05, 0) is 29.7 Å². The van der Waals surface area contributed by atoms with Crippen molar-refractivity contribution in [2.24, 2.45) is 0 Å². The number of hydrogen-bond acceptors (Lipinski definition) is 3. The maximum Gasteiger partial charge on any atom is 0.219 e. The molecule has 0 saturated heterocycles. The van der Waals surface area contributed by atoms with Crippen LogP contribution < -0.4 is 9.47 Å². The number of nitrogens with zero attached hydrogens (tertiary/aromatic N) is 1. The van der Waals surface area contributed by atoms with E-state index in [0.29, 0.717) is 23.3 Å². The highest BCUT2D eigenvalue weighted by Crippen LogP contribution is 2.31. The Labute approximate surface area is 118 Å². The Morgan fingerprint density at radius 1 is 1.11 bits per heavy atom. The zero-order chi connectivity index (χ0) is 13.7. The SMILES string of the molecule is CCc1ccc(Oc2ccc(CCl)cn2)c(OC)c1. The number of methoxy groups -OCH3 is 1. The first-order valence-electron chi connectivity index (χ1n) is 6.12. The van der Waals surface area contributed by atoms with Crippen molar-refractivity contribution < 1.29 is 9.47 Å². The molecule has 1 heterocycles. The molecule has 0 aliphatic carbocycles. The number of benzene rings is 1. The molecule has 0 fully saturated rings. The van der Waals surface area contributed by atoms with Crippen molar-refractivity contribution in [3.05, 3.63) is 47.7 Å². The number of halogens is 1. The average Bonchev–Trinajstić information content (AvgIpc) is 2.48. The van der Waals surface area contributed by atoms with E-state index in [0.717, 1.165) is 12.0 Å². The monoisotopic (exact) mass is 277 g/mol. The molecule has 100 valence electrons. The van der Waals surface area contributed by atoms with E-state index in [1.54, 1.807) is 19.4 Å². The third-order valence-electron chi connectivity index (χ3n) is 2.80. The van der Waals surface area contributed by atoms with Crippen LogP contribution in [0, 0.1) is 0 Å². The summed E-state index contributed by atoms with van der Waals surface area (Å²) in [5.41, 5.74) is 2.16. The molecular weight excluding hydrogens is 262 g/mol. The predicted molar refractivity (Wildman–Crippen MR) is 76.2 cm³/mol. The fourth-order valence-electron chi connectivity index (χ4n) is 1.68. The minimum atomic E-state index is 0.446. The van der Waals surface area contributed by atoms with Gasteiger partial charge in [0.25, 0.3) is 0 Å². The average molecular weight is 278 g/mol. The van der Waals surface area contributed by atoms with Gasteiger partial charge in [0.2, 0.25) is 5.88 Å². The molecule has 4 heteroatoms. The summed E-state index contributed by atoms with van der Waals surface area (Å²) in [6.07, 6.45) is 2.66. The molecular formula is C15H16ClNO2. The summed E-state index contributed by atoms with van der Waals surface area (Å²) in [5, 5.41) is 0. The number of hydrogen-bond donors (Lipinski definition) is 0. The van der Waals surface area contributed by atoms with Crippen LogP contribution in [0.25, 0.3) is 0 Å². The van der Waals surface area contributed by atoms with Crippen molar-refractivity contribution in [3.8, 4) is 17.4 Å². The van der Waals surface area contributed by atoms with Gasteiger partial charge in [-0.25, -0.2) is 4.98 Å². The predicted octanol–water partition coefficient (Wildman–Crippen LogP) is 4.18. The lowest BCUT2D eigenvalue weighted by molar-refractivity contribution is 0.373. The van der Waals surface area contributed by atoms with Crippen LogP contribution in [0.1, 0.15) is 18.1 Å². The molecule has 19 heavy (non-hydrogen) atoms. The maximum atomic E-state index is 5.72.